The summed E-state index contributed by atoms with van der Waals surface area (Å²) in [6.45, 7) is 3.07. The highest BCUT2D eigenvalue weighted by Crippen LogP contribution is 2.26. The largest absolute Gasteiger partial charge is 0.453 e. The van der Waals surface area contributed by atoms with Crippen molar-refractivity contribution < 1.29 is 9.15 Å². The summed E-state index contributed by atoms with van der Waals surface area (Å²) in [7, 11) is 0. The molecule has 3 aromatic rings. The highest BCUT2D eigenvalue weighted by molar-refractivity contribution is 5.81. The third-order valence-electron chi connectivity index (χ3n) is 3.43. The van der Waals surface area contributed by atoms with Gasteiger partial charge in [-0.3, -0.25) is 5.10 Å². The molecule has 0 spiro atoms. The number of hydrogen-bond donors (Lipinski definition) is 1. The van der Waals surface area contributed by atoms with Crippen LogP contribution in [-0.2, 0) is 4.74 Å². The molecule has 2 aromatic heterocycles. The van der Waals surface area contributed by atoms with Gasteiger partial charge in [0.15, 0.2) is 11.6 Å². The van der Waals surface area contributed by atoms with Crippen LogP contribution in [0.3, 0.4) is 0 Å². The zero-order valence-electron chi connectivity index (χ0n) is 10.9. The van der Waals surface area contributed by atoms with E-state index in [1.165, 1.54) is 0 Å². The SMILES string of the molecule is c1ccc2oc(-c3nc(N4CCOCC4)n[nH]3)cc2c1. The Kier molecular flexibility index (Phi) is 2.67. The zero-order valence-corrected chi connectivity index (χ0v) is 10.9. The Bertz CT molecular complexity index is 694. The third-order valence-corrected chi connectivity index (χ3v) is 3.43. The molecule has 1 N–H and O–H groups in total. The summed E-state index contributed by atoms with van der Waals surface area (Å²) in [5.74, 6) is 2.06. The molecule has 20 heavy (non-hydrogen) atoms. The van der Waals surface area contributed by atoms with E-state index in [0.29, 0.717) is 30.7 Å². The highest BCUT2D eigenvalue weighted by Gasteiger charge is 2.17. The molecular formula is C14H14N4O2. The number of fused-ring (bicyclic) bond motifs is 1. The molecule has 4 rings (SSSR count). The molecule has 1 aliphatic heterocycles. The van der Waals surface area contributed by atoms with E-state index >= 15 is 0 Å². The van der Waals surface area contributed by atoms with Crippen LogP contribution in [0.2, 0.25) is 0 Å². The Balaban J connectivity index is 1.66. The Morgan fingerprint density at radius 2 is 2.00 bits per heavy atom. The molecule has 0 saturated carbocycles. The van der Waals surface area contributed by atoms with Gasteiger partial charge in [0.05, 0.1) is 13.2 Å². The molecular weight excluding hydrogens is 256 g/mol. The number of hydrogen-bond acceptors (Lipinski definition) is 5. The fraction of sp³-hybridized carbons (Fsp3) is 0.286. The van der Waals surface area contributed by atoms with Crippen molar-refractivity contribution in [3.63, 3.8) is 0 Å². The van der Waals surface area contributed by atoms with Crippen molar-refractivity contribution in [2.45, 2.75) is 0 Å². The number of benzene rings is 1. The second-order valence-corrected chi connectivity index (χ2v) is 4.73. The van der Waals surface area contributed by atoms with Gasteiger partial charge < -0.3 is 14.1 Å². The highest BCUT2D eigenvalue weighted by atomic mass is 16.5. The van der Waals surface area contributed by atoms with Gasteiger partial charge in [-0.05, 0) is 12.1 Å². The Morgan fingerprint density at radius 1 is 1.15 bits per heavy atom. The molecule has 1 aromatic carbocycles. The maximum atomic E-state index is 5.78. The zero-order chi connectivity index (χ0) is 13.4. The summed E-state index contributed by atoms with van der Waals surface area (Å²) < 4.78 is 11.1. The van der Waals surface area contributed by atoms with Crippen LogP contribution >= 0.6 is 0 Å². The fourth-order valence-corrected chi connectivity index (χ4v) is 2.37. The predicted octanol–water partition coefficient (Wildman–Crippen LogP) is 2.05. The monoisotopic (exact) mass is 270 g/mol. The quantitative estimate of drug-likeness (QED) is 0.772. The van der Waals surface area contributed by atoms with Gasteiger partial charge in [0.25, 0.3) is 0 Å². The number of furan rings is 1. The van der Waals surface area contributed by atoms with Crippen molar-refractivity contribution in [1.29, 1.82) is 0 Å². The molecule has 0 unspecified atom stereocenters. The van der Waals surface area contributed by atoms with Gasteiger partial charge in [0.1, 0.15) is 5.58 Å². The second kappa shape index (κ2) is 4.64. The number of aromatic nitrogens is 3. The van der Waals surface area contributed by atoms with Gasteiger partial charge >= 0.3 is 0 Å². The van der Waals surface area contributed by atoms with Crippen molar-refractivity contribution >= 4 is 16.9 Å². The number of H-pyrrole nitrogens is 1. The minimum Gasteiger partial charge on any atom is -0.453 e. The lowest BCUT2D eigenvalue weighted by Gasteiger charge is -2.25. The van der Waals surface area contributed by atoms with E-state index in [0.717, 1.165) is 24.1 Å². The molecule has 1 fully saturated rings. The van der Waals surface area contributed by atoms with Gasteiger partial charge in [-0.25, -0.2) is 0 Å². The molecule has 0 amide bonds. The van der Waals surface area contributed by atoms with E-state index in [-0.39, 0.29) is 0 Å². The molecule has 102 valence electrons. The first kappa shape index (κ1) is 11.5. The Hall–Kier alpha value is -2.34. The summed E-state index contributed by atoms with van der Waals surface area (Å²) in [5.41, 5.74) is 0.854. The minimum absolute atomic E-state index is 0.655. The van der Waals surface area contributed by atoms with Crippen LogP contribution in [0.15, 0.2) is 34.7 Å². The molecule has 0 atom stereocenters. The van der Waals surface area contributed by atoms with E-state index < -0.39 is 0 Å². The predicted molar refractivity (Wildman–Crippen MR) is 74.6 cm³/mol. The minimum atomic E-state index is 0.655. The van der Waals surface area contributed by atoms with Crippen LogP contribution in [0, 0.1) is 0 Å². The number of rotatable bonds is 2. The maximum absolute atomic E-state index is 5.78. The normalized spacial score (nSPS) is 15.9. The van der Waals surface area contributed by atoms with Gasteiger partial charge in [0.2, 0.25) is 5.95 Å². The van der Waals surface area contributed by atoms with Crippen LogP contribution in [0.4, 0.5) is 5.95 Å². The maximum Gasteiger partial charge on any atom is 0.245 e. The topological polar surface area (TPSA) is 67.2 Å². The van der Waals surface area contributed by atoms with E-state index in [4.69, 9.17) is 9.15 Å². The fourth-order valence-electron chi connectivity index (χ4n) is 2.37. The van der Waals surface area contributed by atoms with Crippen LogP contribution < -0.4 is 4.90 Å². The number of ether oxygens (including phenoxy) is 1. The standard InChI is InChI=1S/C14H14N4O2/c1-2-4-11-10(3-1)9-12(20-11)13-15-14(17-16-13)18-5-7-19-8-6-18/h1-4,9H,5-8H2,(H,15,16,17). The average Bonchev–Trinajstić information content (AvgIpc) is 3.14. The summed E-state index contributed by atoms with van der Waals surface area (Å²) in [4.78, 5) is 6.61. The number of nitrogens with zero attached hydrogens (tertiary/aromatic N) is 3. The van der Waals surface area contributed by atoms with Crippen LogP contribution in [-0.4, -0.2) is 41.5 Å². The molecule has 6 heteroatoms. The lowest BCUT2D eigenvalue weighted by Crippen LogP contribution is -2.36. The van der Waals surface area contributed by atoms with Gasteiger partial charge in [-0.15, -0.1) is 5.10 Å². The number of anilines is 1. The molecule has 3 heterocycles. The molecule has 1 aliphatic rings. The van der Waals surface area contributed by atoms with Crippen molar-refractivity contribution in [3.05, 3.63) is 30.3 Å². The Morgan fingerprint density at radius 3 is 2.85 bits per heavy atom. The van der Waals surface area contributed by atoms with Crippen LogP contribution in [0.1, 0.15) is 0 Å². The van der Waals surface area contributed by atoms with Crippen molar-refractivity contribution in [3.8, 4) is 11.6 Å². The van der Waals surface area contributed by atoms with E-state index in [1.54, 1.807) is 0 Å². The van der Waals surface area contributed by atoms with E-state index in [9.17, 15) is 0 Å². The summed E-state index contributed by atoms with van der Waals surface area (Å²) in [6, 6.07) is 9.87. The number of para-hydroxylation sites is 1. The molecule has 6 nitrogen and oxygen atoms in total. The second-order valence-electron chi connectivity index (χ2n) is 4.73. The first-order valence-electron chi connectivity index (χ1n) is 6.64. The van der Waals surface area contributed by atoms with Crippen molar-refractivity contribution in [2.24, 2.45) is 0 Å². The van der Waals surface area contributed by atoms with E-state index in [2.05, 4.69) is 20.1 Å². The van der Waals surface area contributed by atoms with Gasteiger partial charge in [-0.1, -0.05) is 18.2 Å². The van der Waals surface area contributed by atoms with E-state index in [1.807, 2.05) is 30.3 Å². The molecule has 0 aliphatic carbocycles. The molecule has 1 saturated heterocycles. The van der Waals surface area contributed by atoms with Gasteiger partial charge in [0, 0.05) is 18.5 Å². The molecule has 0 bridgehead atoms. The summed E-state index contributed by atoms with van der Waals surface area (Å²) >= 11 is 0. The van der Waals surface area contributed by atoms with Crippen LogP contribution in [0.5, 0.6) is 0 Å². The molecule has 0 radical (unpaired) electrons. The van der Waals surface area contributed by atoms with Crippen molar-refractivity contribution in [1.82, 2.24) is 15.2 Å². The average molecular weight is 270 g/mol. The first-order chi connectivity index (χ1) is 9.90. The van der Waals surface area contributed by atoms with Crippen molar-refractivity contribution in [2.75, 3.05) is 31.2 Å². The Labute approximate surface area is 115 Å². The summed E-state index contributed by atoms with van der Waals surface area (Å²) in [6.07, 6.45) is 0. The number of nitrogens with one attached hydrogen (secondary N) is 1. The third kappa shape index (κ3) is 1.94. The number of aromatic amines is 1. The lowest BCUT2D eigenvalue weighted by atomic mass is 10.2. The number of morpholine rings is 1. The van der Waals surface area contributed by atoms with Gasteiger partial charge in [-0.2, -0.15) is 4.98 Å². The lowest BCUT2D eigenvalue weighted by molar-refractivity contribution is 0.122. The van der Waals surface area contributed by atoms with Crippen LogP contribution in [0.25, 0.3) is 22.6 Å². The first-order valence-corrected chi connectivity index (χ1v) is 6.64. The smallest absolute Gasteiger partial charge is 0.245 e. The summed E-state index contributed by atoms with van der Waals surface area (Å²) in [5, 5.41) is 8.27.